The lowest BCUT2D eigenvalue weighted by Crippen LogP contribution is -2.15. The molecule has 0 saturated carbocycles. The number of rotatable bonds is 4. The lowest BCUT2D eigenvalue weighted by Gasteiger charge is -2.15. The minimum atomic E-state index is -4.47. The Hall–Kier alpha value is -3.09. The van der Waals surface area contributed by atoms with Crippen LogP contribution in [0.2, 0.25) is 0 Å². The number of nitrogens with one attached hydrogen (secondary N) is 1. The summed E-state index contributed by atoms with van der Waals surface area (Å²) in [5, 5.41) is 16.2. The van der Waals surface area contributed by atoms with Gasteiger partial charge in [-0.05, 0) is 23.3 Å². The Bertz CT molecular complexity index is 871. The number of nitrogens with zero attached hydrogens (tertiary/aromatic N) is 1. The summed E-state index contributed by atoms with van der Waals surface area (Å²) in [5.74, 6) is -2.33. The molecule has 1 heterocycles. The van der Waals surface area contributed by atoms with Crippen LogP contribution in [-0.4, -0.2) is 21.3 Å². The normalized spacial score (nSPS) is 12.8. The van der Waals surface area contributed by atoms with E-state index in [1.165, 1.54) is 18.3 Å². The summed E-state index contributed by atoms with van der Waals surface area (Å²) in [4.78, 5) is 11.8. The van der Waals surface area contributed by atoms with Gasteiger partial charge in [-0.2, -0.15) is 18.3 Å². The van der Waals surface area contributed by atoms with Crippen molar-refractivity contribution in [3.8, 4) is 11.1 Å². The third-order valence-corrected chi connectivity index (χ3v) is 3.86. The number of benzene rings is 2. The maximum Gasteiger partial charge on any atom is 0.416 e. The summed E-state index contributed by atoms with van der Waals surface area (Å²) >= 11 is 0. The number of carboxylic acids is 1. The number of carbonyl (C=O) groups is 1. The smallest absolute Gasteiger partial charge is 0.416 e. The maximum atomic E-state index is 12.7. The Labute approximate surface area is 140 Å². The summed E-state index contributed by atoms with van der Waals surface area (Å²) in [6, 6.07) is 13.2. The fourth-order valence-corrected chi connectivity index (χ4v) is 2.66. The third-order valence-electron chi connectivity index (χ3n) is 3.86. The van der Waals surface area contributed by atoms with Crippen molar-refractivity contribution in [3.63, 3.8) is 0 Å². The van der Waals surface area contributed by atoms with E-state index in [0.29, 0.717) is 11.3 Å². The molecule has 1 atom stereocenters. The zero-order valence-corrected chi connectivity index (χ0v) is 12.8. The van der Waals surface area contributed by atoms with Crippen molar-refractivity contribution in [3.05, 3.63) is 77.6 Å². The van der Waals surface area contributed by atoms with Crippen LogP contribution < -0.4 is 0 Å². The number of aromatic nitrogens is 2. The summed E-state index contributed by atoms with van der Waals surface area (Å²) in [7, 11) is 0. The van der Waals surface area contributed by atoms with Gasteiger partial charge in [-0.3, -0.25) is 9.89 Å². The minimum absolute atomic E-state index is 0.238. The third kappa shape index (κ3) is 3.40. The quantitative estimate of drug-likeness (QED) is 0.740. The molecule has 3 aromatic rings. The average molecular weight is 346 g/mol. The molecule has 1 unspecified atom stereocenters. The van der Waals surface area contributed by atoms with Crippen LogP contribution in [0.15, 0.2) is 60.8 Å². The first kappa shape index (κ1) is 16.8. The van der Waals surface area contributed by atoms with E-state index in [2.05, 4.69) is 10.2 Å². The van der Waals surface area contributed by atoms with Gasteiger partial charge in [0.05, 0.1) is 17.5 Å². The van der Waals surface area contributed by atoms with Crippen molar-refractivity contribution in [1.82, 2.24) is 10.2 Å². The van der Waals surface area contributed by atoms with Gasteiger partial charge in [-0.1, -0.05) is 42.5 Å². The fourth-order valence-electron chi connectivity index (χ4n) is 2.66. The topological polar surface area (TPSA) is 66.0 Å². The maximum absolute atomic E-state index is 12.7. The van der Waals surface area contributed by atoms with Crippen LogP contribution in [-0.2, 0) is 11.0 Å². The number of halogens is 3. The summed E-state index contributed by atoms with van der Waals surface area (Å²) < 4.78 is 38.1. The second-order valence-electron chi connectivity index (χ2n) is 5.45. The van der Waals surface area contributed by atoms with Gasteiger partial charge in [0.2, 0.25) is 0 Å². The first-order valence-corrected chi connectivity index (χ1v) is 7.36. The van der Waals surface area contributed by atoms with Crippen LogP contribution in [0.1, 0.15) is 22.7 Å². The Balaban J connectivity index is 2.04. The van der Waals surface area contributed by atoms with Crippen molar-refractivity contribution >= 4 is 5.97 Å². The Morgan fingerprint density at radius 3 is 2.24 bits per heavy atom. The Kier molecular flexibility index (Phi) is 4.31. The standard InChI is InChI=1S/C18H13F3N2O2/c19-18(20,21)13-8-6-12(7-9-13)15(17(24)25)16-14(10-22-23-16)11-4-2-1-3-5-11/h1-10,15H,(H,22,23)(H,24,25). The van der Waals surface area contributed by atoms with Gasteiger partial charge < -0.3 is 5.11 Å². The zero-order chi connectivity index (χ0) is 18.0. The van der Waals surface area contributed by atoms with Gasteiger partial charge in [-0.25, -0.2) is 0 Å². The molecule has 0 radical (unpaired) electrons. The monoisotopic (exact) mass is 346 g/mol. The molecule has 1 aromatic heterocycles. The first-order chi connectivity index (χ1) is 11.9. The number of hydrogen-bond donors (Lipinski definition) is 2. The molecule has 0 bridgehead atoms. The molecule has 0 aliphatic heterocycles. The summed E-state index contributed by atoms with van der Waals surface area (Å²) in [6.45, 7) is 0. The van der Waals surface area contributed by atoms with Gasteiger partial charge in [0.1, 0.15) is 5.92 Å². The molecule has 0 saturated heterocycles. The molecule has 3 rings (SSSR count). The van der Waals surface area contributed by atoms with Gasteiger partial charge in [0.25, 0.3) is 0 Å². The predicted octanol–water partition coefficient (Wildman–Crippen LogP) is 4.31. The molecule has 128 valence electrons. The predicted molar refractivity (Wildman–Crippen MR) is 84.9 cm³/mol. The first-order valence-electron chi connectivity index (χ1n) is 7.36. The van der Waals surface area contributed by atoms with Crippen molar-refractivity contribution in [1.29, 1.82) is 0 Å². The van der Waals surface area contributed by atoms with Crippen molar-refractivity contribution in [2.75, 3.05) is 0 Å². The molecule has 25 heavy (non-hydrogen) atoms. The molecule has 0 fully saturated rings. The highest BCUT2D eigenvalue weighted by Gasteiger charge is 2.32. The lowest BCUT2D eigenvalue weighted by molar-refractivity contribution is -0.138. The molecule has 0 aliphatic rings. The number of aliphatic carboxylic acids is 1. The highest BCUT2D eigenvalue weighted by molar-refractivity contribution is 5.83. The fraction of sp³-hybridized carbons (Fsp3) is 0.111. The van der Waals surface area contributed by atoms with Crippen LogP contribution in [0.3, 0.4) is 0 Å². The van der Waals surface area contributed by atoms with Gasteiger partial charge in [-0.15, -0.1) is 0 Å². The zero-order valence-electron chi connectivity index (χ0n) is 12.8. The number of H-pyrrole nitrogens is 1. The second kappa shape index (κ2) is 6.43. The van der Waals surface area contributed by atoms with E-state index in [9.17, 15) is 23.1 Å². The minimum Gasteiger partial charge on any atom is -0.480 e. The molecule has 7 heteroatoms. The highest BCUT2D eigenvalue weighted by Crippen LogP contribution is 2.34. The number of aromatic amines is 1. The van der Waals surface area contributed by atoms with Crippen molar-refractivity contribution in [2.24, 2.45) is 0 Å². The van der Waals surface area contributed by atoms with Crippen molar-refractivity contribution in [2.45, 2.75) is 12.1 Å². The SMILES string of the molecule is O=C(O)C(c1ccc(C(F)(F)F)cc1)c1[nH]ncc1-c1ccccc1. The molecule has 4 nitrogen and oxygen atoms in total. The van der Waals surface area contributed by atoms with Gasteiger partial charge >= 0.3 is 12.1 Å². The largest absolute Gasteiger partial charge is 0.480 e. The van der Waals surface area contributed by atoms with Crippen LogP contribution in [0, 0.1) is 0 Å². The number of carboxylic acid groups (broad SMARTS) is 1. The van der Waals surface area contributed by atoms with E-state index >= 15 is 0 Å². The second-order valence-corrected chi connectivity index (χ2v) is 5.45. The summed E-state index contributed by atoms with van der Waals surface area (Å²) in [5.41, 5.74) is 1.09. The highest BCUT2D eigenvalue weighted by atomic mass is 19.4. The molecule has 2 aromatic carbocycles. The van der Waals surface area contributed by atoms with E-state index in [4.69, 9.17) is 0 Å². The van der Waals surface area contributed by atoms with Crippen molar-refractivity contribution < 1.29 is 23.1 Å². The molecule has 0 aliphatic carbocycles. The summed E-state index contributed by atoms with van der Waals surface area (Å²) in [6.07, 6.45) is -2.97. The van der Waals surface area contributed by atoms with E-state index in [1.54, 1.807) is 24.3 Å². The van der Waals surface area contributed by atoms with Crippen LogP contribution in [0.4, 0.5) is 13.2 Å². The van der Waals surface area contributed by atoms with Crippen LogP contribution >= 0.6 is 0 Å². The van der Waals surface area contributed by atoms with Crippen LogP contribution in [0.5, 0.6) is 0 Å². The molecule has 2 N–H and O–H groups in total. The van der Waals surface area contributed by atoms with E-state index in [1.807, 2.05) is 6.07 Å². The molecule has 0 spiro atoms. The van der Waals surface area contributed by atoms with Gasteiger partial charge in [0, 0.05) is 5.56 Å². The lowest BCUT2D eigenvalue weighted by atomic mass is 9.91. The number of hydrogen-bond acceptors (Lipinski definition) is 2. The van der Waals surface area contributed by atoms with Crippen LogP contribution in [0.25, 0.3) is 11.1 Å². The van der Waals surface area contributed by atoms with E-state index in [-0.39, 0.29) is 5.56 Å². The molecular formula is C18H13F3N2O2. The van der Waals surface area contributed by atoms with E-state index in [0.717, 1.165) is 17.7 Å². The average Bonchev–Trinajstić information content (AvgIpc) is 3.04. The van der Waals surface area contributed by atoms with E-state index < -0.39 is 23.6 Å². The number of alkyl halides is 3. The Morgan fingerprint density at radius 2 is 1.68 bits per heavy atom. The Morgan fingerprint density at radius 1 is 1.04 bits per heavy atom. The molecular weight excluding hydrogens is 333 g/mol. The molecule has 0 amide bonds. The van der Waals surface area contributed by atoms with Gasteiger partial charge in [0.15, 0.2) is 0 Å².